The van der Waals surface area contributed by atoms with Crippen LogP contribution >= 0.6 is 0 Å². The summed E-state index contributed by atoms with van der Waals surface area (Å²) < 4.78 is 0. The van der Waals surface area contributed by atoms with Gasteiger partial charge in [0.1, 0.15) is 0 Å². The number of nitrogens with two attached hydrogens (primary N) is 3. The normalized spacial score (nSPS) is 11.7. The van der Waals surface area contributed by atoms with Gasteiger partial charge in [0.2, 0.25) is 0 Å². The Labute approximate surface area is 194 Å². The van der Waals surface area contributed by atoms with Gasteiger partial charge in [0.15, 0.2) is 0 Å². The minimum absolute atomic E-state index is 0. The van der Waals surface area contributed by atoms with Crippen molar-refractivity contribution in [1.82, 2.24) is 0 Å². The molecule has 3 atom stereocenters. The molecule has 0 aromatic heterocycles. The van der Waals surface area contributed by atoms with Crippen molar-refractivity contribution in [2.45, 2.75) is 37.4 Å². The number of carbonyl (C=O) groups is 6. The molecule has 0 heterocycles. The third-order valence-electron chi connectivity index (χ3n) is 2.07. The molecule has 0 aliphatic carbocycles. The molecule has 6 N–H and O–H groups in total. The first-order valence-electron chi connectivity index (χ1n) is 6.60. The Morgan fingerprint density at radius 1 is 0.483 bits per heavy atom. The number of rotatable bonds is 9. The summed E-state index contributed by atoms with van der Waals surface area (Å²) in [6.45, 7) is 0. The molecule has 0 saturated heterocycles. The predicted molar refractivity (Wildman–Crippen MR) is 67.8 cm³/mol. The monoisotopic (exact) mass is 787 g/mol. The Kier molecular flexibility index (Phi) is 27.3. The van der Waals surface area contributed by atoms with E-state index in [4.69, 9.17) is 17.2 Å². The molecule has 172 valence electrons. The van der Waals surface area contributed by atoms with E-state index in [1.807, 2.05) is 0 Å². The van der Waals surface area contributed by atoms with Crippen LogP contribution in [-0.4, -0.2) is 53.9 Å². The van der Waals surface area contributed by atoms with Crippen LogP contribution in [0.15, 0.2) is 0 Å². The van der Waals surface area contributed by atoms with Crippen molar-refractivity contribution >= 4 is 35.8 Å². The molecule has 0 radical (unpaired) electrons. The smallest absolute Gasteiger partial charge is 0.550 e. The Morgan fingerprint density at radius 2 is 0.621 bits per heavy atom. The zero-order chi connectivity index (χ0) is 22.3. The van der Waals surface area contributed by atoms with Crippen molar-refractivity contribution in [3.05, 3.63) is 0 Å². The summed E-state index contributed by atoms with van der Waals surface area (Å²) in [4.78, 5) is 58.0. The molecule has 0 aliphatic rings. The van der Waals surface area contributed by atoms with Crippen molar-refractivity contribution in [3.63, 3.8) is 0 Å². The van der Waals surface area contributed by atoms with Gasteiger partial charge in [0.25, 0.3) is 0 Å². The van der Waals surface area contributed by atoms with Crippen LogP contribution in [0.25, 0.3) is 0 Å². The van der Waals surface area contributed by atoms with Crippen LogP contribution in [0.5, 0.6) is 0 Å². The number of carboxylic acids is 6. The molecule has 0 aromatic carbocycles. The van der Waals surface area contributed by atoms with Crippen molar-refractivity contribution in [2.75, 3.05) is 0 Å². The van der Waals surface area contributed by atoms with Gasteiger partial charge in [-0.25, -0.2) is 0 Å². The van der Waals surface area contributed by atoms with Crippen LogP contribution in [-0.2, 0) is 73.5 Å². The molecule has 0 spiro atoms. The second kappa shape index (κ2) is 20.9. The van der Waals surface area contributed by atoms with E-state index in [0.717, 1.165) is 0 Å². The van der Waals surface area contributed by atoms with E-state index in [2.05, 4.69) is 0 Å². The summed E-state index contributed by atoms with van der Waals surface area (Å²) in [5, 5.41) is 58.0. The van der Waals surface area contributed by atoms with E-state index in [1.54, 1.807) is 0 Å². The number of carboxylic acid groups (broad SMARTS) is 6. The van der Waals surface area contributed by atoms with E-state index in [-0.39, 0.29) is 44.8 Å². The molecule has 0 rings (SSSR count). The molecular formula is C12H15Au2N3O12. The van der Waals surface area contributed by atoms with Gasteiger partial charge in [-0.1, -0.05) is 0 Å². The quantitative estimate of drug-likeness (QED) is 0.183. The van der Waals surface area contributed by atoms with Crippen LogP contribution in [0, 0.1) is 0 Å². The Hall–Kier alpha value is -1.82. The average Bonchev–Trinajstić information content (AvgIpc) is 2.46. The van der Waals surface area contributed by atoms with E-state index in [0.29, 0.717) is 0 Å². The van der Waals surface area contributed by atoms with Crippen LogP contribution in [0.1, 0.15) is 19.3 Å². The van der Waals surface area contributed by atoms with Gasteiger partial charge >= 0.3 is 44.8 Å². The van der Waals surface area contributed by atoms with Gasteiger partial charge in [0, 0.05) is 55.3 Å². The van der Waals surface area contributed by atoms with Gasteiger partial charge in [-0.3, -0.25) is 0 Å². The number of carbonyl (C=O) groups excluding carboxylic acids is 6. The first kappa shape index (κ1) is 37.9. The number of aliphatic carboxylic acids is 6. The summed E-state index contributed by atoms with van der Waals surface area (Å²) in [6, 6.07) is -4.39. The van der Waals surface area contributed by atoms with Gasteiger partial charge in [-0.05, 0) is 0 Å². The Bertz CT molecular complexity index is 484. The largest absolute Gasteiger partial charge is 3.00 e. The number of hydrogen-bond donors (Lipinski definition) is 3. The third kappa shape index (κ3) is 31.1. The maximum Gasteiger partial charge on any atom is 3.00 e. The fourth-order valence-corrected chi connectivity index (χ4v) is 0.789. The summed E-state index contributed by atoms with van der Waals surface area (Å²) in [6.07, 6.45) is -2.12. The average molecular weight is 787 g/mol. The Balaban J connectivity index is -0.0000000960. The molecule has 0 amide bonds. The molecule has 15 nitrogen and oxygen atoms in total. The topological polar surface area (TPSA) is 319 Å². The minimum Gasteiger partial charge on any atom is -0.550 e. The van der Waals surface area contributed by atoms with E-state index in [9.17, 15) is 59.4 Å². The zero-order valence-corrected chi connectivity index (χ0v) is 18.4. The molecule has 29 heavy (non-hydrogen) atoms. The minimum atomic E-state index is -1.58. The maximum absolute atomic E-state index is 9.71. The summed E-state index contributed by atoms with van der Waals surface area (Å²) in [5.74, 6) is -9.23. The van der Waals surface area contributed by atoms with Crippen LogP contribution < -0.4 is 47.8 Å². The summed E-state index contributed by atoms with van der Waals surface area (Å²) >= 11 is 0. The maximum atomic E-state index is 9.71. The first-order chi connectivity index (χ1) is 12.1. The second-order valence-corrected chi connectivity index (χ2v) is 4.50. The van der Waals surface area contributed by atoms with Gasteiger partial charge in [0.05, 0.1) is 17.9 Å². The van der Waals surface area contributed by atoms with Crippen molar-refractivity contribution in [1.29, 1.82) is 0 Å². The molecule has 0 aromatic rings. The molecule has 0 fully saturated rings. The Morgan fingerprint density at radius 3 is 0.655 bits per heavy atom. The fourth-order valence-electron chi connectivity index (χ4n) is 0.789. The van der Waals surface area contributed by atoms with Gasteiger partial charge < -0.3 is 76.6 Å². The fraction of sp³-hybridized carbons (Fsp3) is 0.500. The first-order valence-corrected chi connectivity index (χ1v) is 6.60. The molecule has 0 saturated carbocycles. The standard InChI is InChI=1S/3C4H7NO4.2Au/c3*5-2(4(8)9)1-3(6)7;;/h3*2H,1,5H2,(H,6,7)(H,8,9);;/q;;;2*+3/p-6/t3*2-;;/m000../s1. The molecular weight excluding hydrogens is 772 g/mol. The predicted octanol–water partition coefficient (Wildman–Crippen LogP) is -11.4. The van der Waals surface area contributed by atoms with Crippen molar-refractivity contribution < 1.29 is 104 Å². The number of hydrogen-bond acceptors (Lipinski definition) is 15. The van der Waals surface area contributed by atoms with Crippen molar-refractivity contribution in [2.24, 2.45) is 17.2 Å². The van der Waals surface area contributed by atoms with Gasteiger partial charge in [-0.15, -0.1) is 0 Å². The van der Waals surface area contributed by atoms with E-state index < -0.39 is 73.2 Å². The van der Waals surface area contributed by atoms with Crippen molar-refractivity contribution in [3.8, 4) is 0 Å². The zero-order valence-electron chi connectivity index (χ0n) is 14.1. The van der Waals surface area contributed by atoms with Gasteiger partial charge in [-0.2, -0.15) is 0 Å². The molecule has 17 heteroatoms. The van der Waals surface area contributed by atoms with Crippen LogP contribution in [0.4, 0.5) is 0 Å². The molecule has 0 aliphatic heterocycles. The van der Waals surface area contributed by atoms with Crippen LogP contribution in [0.2, 0.25) is 0 Å². The van der Waals surface area contributed by atoms with E-state index >= 15 is 0 Å². The molecule has 0 unspecified atom stereocenters. The van der Waals surface area contributed by atoms with E-state index in [1.165, 1.54) is 0 Å². The SMILES string of the molecule is N[C@@H](CC(=O)[O-])C(=O)[O-].N[C@@H](CC(=O)[O-])C(=O)[O-].N[C@@H](CC(=O)[O-])C(=O)[O-].[Au+3].[Au+3]. The summed E-state index contributed by atoms with van der Waals surface area (Å²) in [5.41, 5.74) is 14.2. The second-order valence-electron chi connectivity index (χ2n) is 4.50. The third-order valence-corrected chi connectivity index (χ3v) is 2.07. The summed E-state index contributed by atoms with van der Waals surface area (Å²) in [7, 11) is 0. The molecule has 0 bridgehead atoms. The van der Waals surface area contributed by atoms with Crippen LogP contribution in [0.3, 0.4) is 0 Å².